The summed E-state index contributed by atoms with van der Waals surface area (Å²) in [7, 11) is 0. The first kappa shape index (κ1) is 13.2. The zero-order valence-corrected chi connectivity index (χ0v) is 11.8. The molecule has 1 aromatic carbocycles. The second-order valence-electron chi connectivity index (χ2n) is 5.54. The maximum atomic E-state index is 6.55. The molecule has 2 aromatic rings. The van der Waals surface area contributed by atoms with E-state index in [2.05, 4.69) is 48.9 Å². The molecule has 0 amide bonds. The third-order valence-corrected chi connectivity index (χ3v) is 3.42. The number of halogens is 1. The molecule has 1 atom stereocenters. The van der Waals surface area contributed by atoms with Crippen LogP contribution in [0.15, 0.2) is 36.7 Å². The number of rotatable bonds is 3. The zero-order chi connectivity index (χ0) is 13.2. The Hall–Kier alpha value is -1.28. The van der Waals surface area contributed by atoms with Crippen molar-refractivity contribution in [3.8, 4) is 0 Å². The van der Waals surface area contributed by atoms with E-state index in [1.165, 1.54) is 11.1 Å². The summed E-state index contributed by atoms with van der Waals surface area (Å²) < 4.78 is 0. The monoisotopic (exact) mass is 262 g/mol. The van der Waals surface area contributed by atoms with Crippen LogP contribution in [0.3, 0.4) is 0 Å². The number of nitrogens with one attached hydrogen (secondary N) is 1. The molecule has 0 saturated heterocycles. The van der Waals surface area contributed by atoms with E-state index in [4.69, 9.17) is 11.6 Å². The van der Waals surface area contributed by atoms with Gasteiger partial charge in [0.2, 0.25) is 0 Å². The van der Waals surface area contributed by atoms with E-state index in [1.54, 1.807) is 6.20 Å². The van der Waals surface area contributed by atoms with Crippen LogP contribution in [0.1, 0.15) is 43.1 Å². The Kier molecular flexibility index (Phi) is 3.76. The predicted octanol–water partition coefficient (Wildman–Crippen LogP) is 4.23. The molecule has 0 bridgehead atoms. The minimum absolute atomic E-state index is 0.0495. The van der Waals surface area contributed by atoms with Gasteiger partial charge in [0.05, 0.1) is 5.38 Å². The lowest BCUT2D eigenvalue weighted by Crippen LogP contribution is -2.15. The molecule has 0 spiro atoms. The Morgan fingerprint density at radius 3 is 2.61 bits per heavy atom. The standard InChI is InChI=1S/C15H19ClN2/c1-15(2,3)12-7-5-4-6-11(12)13(16)10-14-17-8-9-18-14/h4-9,13H,10H2,1-3H3,(H,17,18). The van der Waals surface area contributed by atoms with Crippen molar-refractivity contribution in [2.75, 3.05) is 0 Å². The Morgan fingerprint density at radius 1 is 1.28 bits per heavy atom. The van der Waals surface area contributed by atoms with E-state index < -0.39 is 0 Å². The summed E-state index contributed by atoms with van der Waals surface area (Å²) in [6.07, 6.45) is 4.31. The number of aromatic nitrogens is 2. The zero-order valence-electron chi connectivity index (χ0n) is 11.1. The molecule has 0 radical (unpaired) electrons. The molecular formula is C15H19ClN2. The normalized spacial score (nSPS) is 13.6. The van der Waals surface area contributed by atoms with Gasteiger partial charge < -0.3 is 4.98 Å². The third-order valence-electron chi connectivity index (χ3n) is 3.03. The first-order valence-corrected chi connectivity index (χ1v) is 6.64. The summed E-state index contributed by atoms with van der Waals surface area (Å²) in [4.78, 5) is 7.33. The summed E-state index contributed by atoms with van der Waals surface area (Å²) in [5, 5.41) is -0.0495. The van der Waals surface area contributed by atoms with Crippen molar-refractivity contribution in [1.29, 1.82) is 0 Å². The number of H-pyrrole nitrogens is 1. The van der Waals surface area contributed by atoms with E-state index in [0.29, 0.717) is 0 Å². The second kappa shape index (κ2) is 5.15. The highest BCUT2D eigenvalue weighted by Gasteiger charge is 2.21. The van der Waals surface area contributed by atoms with Crippen molar-refractivity contribution in [3.63, 3.8) is 0 Å². The molecule has 0 saturated carbocycles. The van der Waals surface area contributed by atoms with Crippen molar-refractivity contribution in [3.05, 3.63) is 53.6 Å². The molecule has 96 valence electrons. The molecule has 2 rings (SSSR count). The lowest BCUT2D eigenvalue weighted by Gasteiger charge is -2.24. The fourth-order valence-electron chi connectivity index (χ4n) is 2.14. The van der Waals surface area contributed by atoms with Gasteiger partial charge in [-0.05, 0) is 16.5 Å². The summed E-state index contributed by atoms with van der Waals surface area (Å²) in [5.74, 6) is 0.929. The maximum absolute atomic E-state index is 6.55. The number of alkyl halides is 1. The lowest BCUT2D eigenvalue weighted by molar-refractivity contribution is 0.580. The minimum atomic E-state index is -0.0495. The van der Waals surface area contributed by atoms with Crippen LogP contribution in [-0.2, 0) is 11.8 Å². The Balaban J connectivity index is 2.27. The van der Waals surface area contributed by atoms with Gasteiger partial charge in [-0.2, -0.15) is 0 Å². The first-order chi connectivity index (χ1) is 8.48. The summed E-state index contributed by atoms with van der Waals surface area (Å²) in [6, 6.07) is 8.39. The first-order valence-electron chi connectivity index (χ1n) is 6.20. The molecule has 0 aliphatic rings. The van der Waals surface area contributed by atoms with E-state index in [9.17, 15) is 0 Å². The van der Waals surface area contributed by atoms with E-state index in [0.717, 1.165) is 12.2 Å². The fraction of sp³-hybridized carbons (Fsp3) is 0.400. The Labute approximate surface area is 113 Å². The number of imidazole rings is 1. The topological polar surface area (TPSA) is 28.7 Å². The van der Waals surface area contributed by atoms with Gasteiger partial charge in [-0.3, -0.25) is 0 Å². The van der Waals surface area contributed by atoms with Gasteiger partial charge in [0, 0.05) is 18.8 Å². The molecule has 2 nitrogen and oxygen atoms in total. The highest BCUT2D eigenvalue weighted by molar-refractivity contribution is 6.21. The van der Waals surface area contributed by atoms with Gasteiger partial charge in [0.1, 0.15) is 5.82 Å². The number of nitrogens with zero attached hydrogens (tertiary/aromatic N) is 1. The van der Waals surface area contributed by atoms with Crippen LogP contribution in [0.25, 0.3) is 0 Å². The second-order valence-corrected chi connectivity index (χ2v) is 6.07. The quantitative estimate of drug-likeness (QED) is 0.824. The largest absolute Gasteiger partial charge is 0.349 e. The molecule has 1 N–H and O–H groups in total. The molecule has 0 aliphatic heterocycles. The van der Waals surface area contributed by atoms with E-state index in [-0.39, 0.29) is 10.8 Å². The predicted molar refractivity (Wildman–Crippen MR) is 76.0 cm³/mol. The van der Waals surface area contributed by atoms with E-state index >= 15 is 0 Å². The smallest absolute Gasteiger partial charge is 0.107 e. The van der Waals surface area contributed by atoms with E-state index in [1.807, 2.05) is 12.3 Å². The van der Waals surface area contributed by atoms with Crippen molar-refractivity contribution in [1.82, 2.24) is 9.97 Å². The number of aromatic amines is 1. The molecule has 0 aliphatic carbocycles. The highest BCUT2D eigenvalue weighted by atomic mass is 35.5. The van der Waals surface area contributed by atoms with Crippen LogP contribution in [-0.4, -0.2) is 9.97 Å². The van der Waals surface area contributed by atoms with Crippen molar-refractivity contribution in [2.45, 2.75) is 38.0 Å². The molecular weight excluding hydrogens is 244 g/mol. The number of hydrogen-bond acceptors (Lipinski definition) is 1. The van der Waals surface area contributed by atoms with Crippen LogP contribution < -0.4 is 0 Å². The van der Waals surface area contributed by atoms with Gasteiger partial charge in [-0.25, -0.2) is 4.98 Å². The molecule has 18 heavy (non-hydrogen) atoms. The number of benzene rings is 1. The average Bonchev–Trinajstić information content (AvgIpc) is 2.80. The lowest BCUT2D eigenvalue weighted by atomic mass is 9.82. The van der Waals surface area contributed by atoms with Gasteiger partial charge in [-0.1, -0.05) is 45.0 Å². The number of hydrogen-bond donors (Lipinski definition) is 1. The van der Waals surface area contributed by atoms with Crippen LogP contribution in [0.5, 0.6) is 0 Å². The van der Waals surface area contributed by atoms with Crippen LogP contribution >= 0.6 is 11.6 Å². The maximum Gasteiger partial charge on any atom is 0.107 e. The Morgan fingerprint density at radius 2 is 2.00 bits per heavy atom. The average molecular weight is 263 g/mol. The molecule has 0 fully saturated rings. The molecule has 1 aromatic heterocycles. The summed E-state index contributed by atoms with van der Waals surface area (Å²) in [5.41, 5.74) is 2.60. The van der Waals surface area contributed by atoms with Crippen LogP contribution in [0.4, 0.5) is 0 Å². The van der Waals surface area contributed by atoms with Crippen LogP contribution in [0.2, 0.25) is 0 Å². The molecule has 1 unspecified atom stereocenters. The van der Waals surface area contributed by atoms with Gasteiger partial charge in [-0.15, -0.1) is 11.6 Å². The molecule has 1 heterocycles. The summed E-state index contributed by atoms with van der Waals surface area (Å²) in [6.45, 7) is 6.63. The van der Waals surface area contributed by atoms with Crippen LogP contribution in [0, 0.1) is 0 Å². The minimum Gasteiger partial charge on any atom is -0.349 e. The highest BCUT2D eigenvalue weighted by Crippen LogP contribution is 2.33. The van der Waals surface area contributed by atoms with Crippen molar-refractivity contribution < 1.29 is 0 Å². The Bertz CT molecular complexity index is 497. The van der Waals surface area contributed by atoms with Crippen molar-refractivity contribution in [2.24, 2.45) is 0 Å². The third kappa shape index (κ3) is 2.94. The summed E-state index contributed by atoms with van der Waals surface area (Å²) >= 11 is 6.55. The fourth-order valence-corrected chi connectivity index (χ4v) is 2.48. The van der Waals surface area contributed by atoms with Crippen molar-refractivity contribution >= 4 is 11.6 Å². The molecule has 3 heteroatoms. The van der Waals surface area contributed by atoms with Gasteiger partial charge >= 0.3 is 0 Å². The van der Waals surface area contributed by atoms with Gasteiger partial charge in [0.15, 0.2) is 0 Å². The SMILES string of the molecule is CC(C)(C)c1ccccc1C(Cl)Cc1ncc[nH]1. The van der Waals surface area contributed by atoms with Gasteiger partial charge in [0.25, 0.3) is 0 Å².